The smallest absolute Gasteiger partial charge is 0.415 e. The first-order chi connectivity index (χ1) is 16.9. The zero-order valence-corrected chi connectivity index (χ0v) is 20.2. The van der Waals surface area contributed by atoms with E-state index < -0.39 is 12.2 Å². The van der Waals surface area contributed by atoms with Crippen molar-refractivity contribution < 1.29 is 38.4 Å². The normalized spacial score (nSPS) is 21.5. The van der Waals surface area contributed by atoms with Gasteiger partial charge in [0.25, 0.3) is 0 Å². The van der Waals surface area contributed by atoms with Gasteiger partial charge in [0.15, 0.2) is 23.0 Å². The van der Waals surface area contributed by atoms with E-state index in [2.05, 4.69) is 0 Å². The number of hydrogen-bond acceptors (Lipinski definition) is 8. The molecule has 1 N–H and O–H groups in total. The van der Waals surface area contributed by atoms with Gasteiger partial charge in [-0.15, -0.1) is 0 Å². The highest BCUT2D eigenvalue weighted by Crippen LogP contribution is 2.35. The van der Waals surface area contributed by atoms with Crippen molar-refractivity contribution in [3.05, 3.63) is 47.5 Å². The predicted molar refractivity (Wildman–Crippen MR) is 126 cm³/mol. The Morgan fingerprint density at radius 3 is 2.23 bits per heavy atom. The number of likely N-dealkylation sites (tertiary alicyclic amines) is 1. The predicted octanol–water partition coefficient (Wildman–Crippen LogP) is 2.85. The Morgan fingerprint density at radius 1 is 0.971 bits per heavy atom. The van der Waals surface area contributed by atoms with Crippen molar-refractivity contribution >= 4 is 12.1 Å². The Labute approximate surface area is 204 Å². The molecule has 2 aromatic rings. The van der Waals surface area contributed by atoms with Crippen molar-refractivity contribution in [1.29, 1.82) is 0 Å². The van der Waals surface area contributed by atoms with Gasteiger partial charge < -0.3 is 33.7 Å². The number of rotatable bonds is 8. The Morgan fingerprint density at radius 2 is 1.60 bits per heavy atom. The van der Waals surface area contributed by atoms with Crippen LogP contribution in [0.25, 0.3) is 0 Å². The molecule has 2 aliphatic heterocycles. The number of ether oxygens (including phenoxy) is 5. The van der Waals surface area contributed by atoms with Crippen LogP contribution in [-0.2, 0) is 22.4 Å². The fourth-order valence-electron chi connectivity index (χ4n) is 4.61. The third-order valence-corrected chi connectivity index (χ3v) is 6.56. The number of hydrogen-bond donors (Lipinski definition) is 1. The largest absolute Gasteiger partial charge is 0.493 e. The Bertz CT molecular complexity index is 1070. The van der Waals surface area contributed by atoms with E-state index in [1.165, 1.54) is 12.0 Å². The summed E-state index contributed by atoms with van der Waals surface area (Å²) in [5, 5.41) is 9.65. The van der Waals surface area contributed by atoms with Crippen LogP contribution in [0.15, 0.2) is 36.4 Å². The summed E-state index contributed by atoms with van der Waals surface area (Å²) in [4.78, 5) is 26.4. The molecule has 0 aliphatic carbocycles. The SMILES string of the molecule is COc1ccc(C[C@H]2COC(=O)[C@@H]2Cc2ccc(OC(=O)N3CC[C@H](O)C3)c(OC)c2)cc1OC. The lowest BCUT2D eigenvalue weighted by atomic mass is 9.85. The van der Waals surface area contributed by atoms with E-state index in [0.29, 0.717) is 55.4 Å². The molecule has 2 aromatic carbocycles. The number of aliphatic hydroxyl groups is 1. The number of benzene rings is 2. The van der Waals surface area contributed by atoms with Crippen LogP contribution in [0.3, 0.4) is 0 Å². The van der Waals surface area contributed by atoms with Crippen molar-refractivity contribution in [3.8, 4) is 23.0 Å². The molecule has 2 fully saturated rings. The molecule has 2 aliphatic rings. The fourth-order valence-corrected chi connectivity index (χ4v) is 4.61. The van der Waals surface area contributed by atoms with Gasteiger partial charge in [0, 0.05) is 19.0 Å². The standard InChI is InChI=1S/C26H31NO8/c1-31-21-6-4-16(12-23(21)32-2)10-18-15-34-25(29)20(18)11-17-5-7-22(24(13-17)33-3)35-26(30)27-9-8-19(28)14-27/h4-7,12-13,18-20,28H,8-11,14-15H2,1-3H3/t18-,19-,20+/m0/s1. The lowest BCUT2D eigenvalue weighted by Crippen LogP contribution is -2.32. The average molecular weight is 486 g/mol. The van der Waals surface area contributed by atoms with E-state index in [4.69, 9.17) is 23.7 Å². The fraction of sp³-hybridized carbons (Fsp3) is 0.462. The van der Waals surface area contributed by atoms with Gasteiger partial charge in [0.05, 0.1) is 40.0 Å². The van der Waals surface area contributed by atoms with Gasteiger partial charge >= 0.3 is 12.1 Å². The van der Waals surface area contributed by atoms with E-state index in [0.717, 1.165) is 11.1 Å². The molecular weight excluding hydrogens is 454 g/mol. The highest BCUT2D eigenvalue weighted by molar-refractivity contribution is 5.75. The maximum absolute atomic E-state index is 12.5. The van der Waals surface area contributed by atoms with Gasteiger partial charge in [0.1, 0.15) is 0 Å². The molecule has 35 heavy (non-hydrogen) atoms. The van der Waals surface area contributed by atoms with E-state index in [9.17, 15) is 14.7 Å². The summed E-state index contributed by atoms with van der Waals surface area (Å²) in [5.41, 5.74) is 1.90. The van der Waals surface area contributed by atoms with Crippen LogP contribution in [0.2, 0.25) is 0 Å². The summed E-state index contributed by atoms with van der Waals surface area (Å²) in [5.74, 6) is 1.46. The number of carbonyl (C=O) groups excluding carboxylic acids is 2. The van der Waals surface area contributed by atoms with Crippen LogP contribution in [0.5, 0.6) is 23.0 Å². The topological polar surface area (TPSA) is 104 Å². The van der Waals surface area contributed by atoms with Gasteiger partial charge in [-0.25, -0.2) is 4.79 Å². The van der Waals surface area contributed by atoms with Crippen LogP contribution in [0.4, 0.5) is 4.79 Å². The van der Waals surface area contributed by atoms with E-state index in [-0.39, 0.29) is 24.3 Å². The summed E-state index contributed by atoms with van der Waals surface area (Å²) >= 11 is 0. The second-order valence-corrected chi connectivity index (χ2v) is 8.84. The van der Waals surface area contributed by atoms with Crippen LogP contribution >= 0.6 is 0 Å². The molecule has 0 bridgehead atoms. The average Bonchev–Trinajstić information content (AvgIpc) is 3.45. The number of nitrogens with zero attached hydrogens (tertiary/aromatic N) is 1. The number of β-amino-alcohol motifs (C(OH)–C–C–N with tert-alkyl or cyclic N) is 1. The Balaban J connectivity index is 1.45. The van der Waals surface area contributed by atoms with Crippen molar-refractivity contribution in [2.75, 3.05) is 41.0 Å². The lowest BCUT2D eigenvalue weighted by molar-refractivity contribution is -0.141. The zero-order chi connectivity index (χ0) is 24.9. The highest BCUT2D eigenvalue weighted by atomic mass is 16.6. The number of amides is 1. The second-order valence-electron chi connectivity index (χ2n) is 8.84. The molecule has 2 saturated heterocycles. The highest BCUT2D eigenvalue weighted by Gasteiger charge is 2.37. The van der Waals surface area contributed by atoms with E-state index in [1.807, 2.05) is 24.3 Å². The second kappa shape index (κ2) is 10.9. The molecule has 9 heteroatoms. The summed E-state index contributed by atoms with van der Waals surface area (Å²) in [6, 6.07) is 11.0. The van der Waals surface area contributed by atoms with Crippen LogP contribution in [-0.4, -0.2) is 69.2 Å². The van der Waals surface area contributed by atoms with Gasteiger partial charge in [-0.3, -0.25) is 4.79 Å². The van der Waals surface area contributed by atoms with Crippen molar-refractivity contribution in [3.63, 3.8) is 0 Å². The maximum Gasteiger partial charge on any atom is 0.415 e. The first kappa shape index (κ1) is 24.7. The third kappa shape index (κ3) is 5.62. The molecular formula is C26H31NO8. The van der Waals surface area contributed by atoms with Crippen LogP contribution in [0.1, 0.15) is 17.5 Å². The molecule has 0 aromatic heterocycles. The molecule has 0 spiro atoms. The Kier molecular flexibility index (Phi) is 7.65. The van der Waals surface area contributed by atoms with Gasteiger partial charge in [0.2, 0.25) is 0 Å². The van der Waals surface area contributed by atoms with Gasteiger partial charge in [-0.2, -0.15) is 0 Å². The maximum atomic E-state index is 12.5. The van der Waals surface area contributed by atoms with Crippen LogP contribution < -0.4 is 18.9 Å². The molecule has 2 heterocycles. The minimum Gasteiger partial charge on any atom is -0.493 e. The molecule has 3 atom stereocenters. The molecule has 9 nitrogen and oxygen atoms in total. The molecule has 0 radical (unpaired) electrons. The molecule has 0 unspecified atom stereocenters. The van der Waals surface area contributed by atoms with E-state index in [1.54, 1.807) is 26.4 Å². The minimum atomic E-state index is -0.526. The first-order valence-electron chi connectivity index (χ1n) is 11.6. The minimum absolute atomic E-state index is 0.00527. The third-order valence-electron chi connectivity index (χ3n) is 6.56. The van der Waals surface area contributed by atoms with Crippen LogP contribution in [0, 0.1) is 11.8 Å². The van der Waals surface area contributed by atoms with Gasteiger partial charge in [-0.05, 0) is 54.7 Å². The molecule has 0 saturated carbocycles. The number of aliphatic hydroxyl groups excluding tert-OH is 1. The number of methoxy groups -OCH3 is 3. The van der Waals surface area contributed by atoms with Gasteiger partial charge in [-0.1, -0.05) is 12.1 Å². The number of carbonyl (C=O) groups is 2. The van der Waals surface area contributed by atoms with E-state index >= 15 is 0 Å². The number of cyclic esters (lactones) is 1. The van der Waals surface area contributed by atoms with Crippen molar-refractivity contribution in [1.82, 2.24) is 4.90 Å². The van der Waals surface area contributed by atoms with Crippen molar-refractivity contribution in [2.24, 2.45) is 11.8 Å². The lowest BCUT2D eigenvalue weighted by Gasteiger charge is -2.18. The number of esters is 1. The monoisotopic (exact) mass is 485 g/mol. The molecule has 1 amide bonds. The summed E-state index contributed by atoms with van der Waals surface area (Å²) in [6.07, 6.45) is 0.616. The summed E-state index contributed by atoms with van der Waals surface area (Å²) in [6.45, 7) is 1.06. The first-order valence-corrected chi connectivity index (χ1v) is 11.6. The summed E-state index contributed by atoms with van der Waals surface area (Å²) in [7, 11) is 4.68. The summed E-state index contributed by atoms with van der Waals surface area (Å²) < 4.78 is 27.0. The Hall–Kier alpha value is -3.46. The quantitative estimate of drug-likeness (QED) is 0.570. The molecule has 4 rings (SSSR count). The zero-order valence-electron chi connectivity index (χ0n) is 20.2. The molecule has 188 valence electrons. The van der Waals surface area contributed by atoms with Crippen molar-refractivity contribution in [2.45, 2.75) is 25.4 Å².